The van der Waals surface area contributed by atoms with Gasteiger partial charge in [0.25, 0.3) is 0 Å². The van der Waals surface area contributed by atoms with Gasteiger partial charge >= 0.3 is 5.97 Å². The second-order valence-corrected chi connectivity index (χ2v) is 7.26. The van der Waals surface area contributed by atoms with Crippen molar-refractivity contribution in [2.24, 2.45) is 0 Å². The molecule has 0 unspecified atom stereocenters. The van der Waals surface area contributed by atoms with Crippen LogP contribution in [0.3, 0.4) is 0 Å². The smallest absolute Gasteiger partial charge is 0.343 e. The molecule has 0 bridgehead atoms. The summed E-state index contributed by atoms with van der Waals surface area (Å²) in [7, 11) is 0. The number of rotatable bonds is 3. The van der Waals surface area contributed by atoms with Crippen LogP contribution in [0.4, 0.5) is 0 Å². The number of benzene rings is 2. The van der Waals surface area contributed by atoms with Gasteiger partial charge in [0.05, 0.1) is 5.56 Å². The van der Waals surface area contributed by atoms with E-state index >= 15 is 0 Å². The normalized spacial score (nSPS) is 11.4. The van der Waals surface area contributed by atoms with Crippen LogP contribution in [0.15, 0.2) is 67.0 Å². The summed E-state index contributed by atoms with van der Waals surface area (Å²) < 4.78 is 7.58. The number of carbonyl (C=O) groups is 1. The number of hydrogen-bond acceptors (Lipinski definition) is 2. The third-order valence-electron chi connectivity index (χ3n) is 4.23. The molecule has 0 aliphatic carbocycles. The van der Waals surface area contributed by atoms with Crippen LogP contribution in [0.5, 0.6) is 5.75 Å². The summed E-state index contributed by atoms with van der Waals surface area (Å²) in [5, 5.41) is 0. The maximum absolute atomic E-state index is 12.5. The Morgan fingerprint density at radius 1 is 0.960 bits per heavy atom. The average molecular weight is 333 g/mol. The third kappa shape index (κ3) is 3.82. The summed E-state index contributed by atoms with van der Waals surface area (Å²) in [4.78, 5) is 12.5. The number of carbonyl (C=O) groups excluding carboxylic acids is 1. The van der Waals surface area contributed by atoms with E-state index < -0.39 is 0 Å². The van der Waals surface area contributed by atoms with Gasteiger partial charge in [-0.3, -0.25) is 0 Å². The van der Waals surface area contributed by atoms with Gasteiger partial charge in [0, 0.05) is 18.1 Å². The molecule has 1 heterocycles. The summed E-state index contributed by atoms with van der Waals surface area (Å²) in [5.74, 6) is 0.255. The van der Waals surface area contributed by atoms with Crippen LogP contribution in [0, 0.1) is 6.92 Å². The SMILES string of the molecule is Cc1cc(C(C)(C)C)ccc1OC(=O)c1cccc(-n2cccc2)c1. The van der Waals surface area contributed by atoms with E-state index in [2.05, 4.69) is 26.8 Å². The van der Waals surface area contributed by atoms with Crippen LogP contribution in [0.1, 0.15) is 42.3 Å². The fraction of sp³-hybridized carbons (Fsp3) is 0.227. The zero-order chi connectivity index (χ0) is 18.0. The van der Waals surface area contributed by atoms with Crippen molar-refractivity contribution in [3.8, 4) is 11.4 Å². The number of aromatic nitrogens is 1. The molecule has 0 radical (unpaired) electrons. The zero-order valence-electron chi connectivity index (χ0n) is 15.1. The molecule has 3 heteroatoms. The molecule has 0 aliphatic heterocycles. The average Bonchev–Trinajstić information content (AvgIpc) is 3.10. The van der Waals surface area contributed by atoms with E-state index in [4.69, 9.17) is 4.74 Å². The summed E-state index contributed by atoms with van der Waals surface area (Å²) in [5.41, 5.74) is 3.71. The highest BCUT2D eigenvalue weighted by molar-refractivity contribution is 5.91. The molecule has 0 spiro atoms. The molecule has 0 N–H and O–H groups in total. The van der Waals surface area contributed by atoms with Gasteiger partial charge in [-0.05, 0) is 59.9 Å². The van der Waals surface area contributed by atoms with Crippen molar-refractivity contribution in [3.63, 3.8) is 0 Å². The van der Waals surface area contributed by atoms with E-state index in [-0.39, 0.29) is 11.4 Å². The fourth-order valence-corrected chi connectivity index (χ4v) is 2.69. The summed E-state index contributed by atoms with van der Waals surface area (Å²) in [6, 6.07) is 17.3. The van der Waals surface area contributed by atoms with E-state index in [9.17, 15) is 4.79 Å². The highest BCUT2D eigenvalue weighted by atomic mass is 16.5. The van der Waals surface area contributed by atoms with Crippen molar-refractivity contribution in [3.05, 3.63) is 83.7 Å². The summed E-state index contributed by atoms with van der Waals surface area (Å²) in [6.45, 7) is 8.47. The second-order valence-electron chi connectivity index (χ2n) is 7.26. The van der Waals surface area contributed by atoms with Gasteiger partial charge in [0.2, 0.25) is 0 Å². The van der Waals surface area contributed by atoms with Crippen LogP contribution in [-0.2, 0) is 5.41 Å². The number of hydrogen-bond donors (Lipinski definition) is 0. The molecule has 3 aromatic rings. The number of esters is 1. The van der Waals surface area contributed by atoms with Crippen molar-refractivity contribution >= 4 is 5.97 Å². The van der Waals surface area contributed by atoms with Crippen molar-refractivity contribution in [2.45, 2.75) is 33.1 Å². The standard InChI is InChI=1S/C22H23NO2/c1-16-14-18(22(2,3)4)10-11-20(16)25-21(24)17-8-7-9-19(15-17)23-12-5-6-13-23/h5-15H,1-4H3. The first-order valence-corrected chi connectivity index (χ1v) is 8.41. The Morgan fingerprint density at radius 2 is 1.68 bits per heavy atom. The molecule has 3 nitrogen and oxygen atoms in total. The molecule has 1 aromatic heterocycles. The highest BCUT2D eigenvalue weighted by Gasteiger charge is 2.16. The third-order valence-corrected chi connectivity index (χ3v) is 4.23. The van der Waals surface area contributed by atoms with Gasteiger partial charge in [-0.25, -0.2) is 4.79 Å². The van der Waals surface area contributed by atoms with E-state index in [1.165, 1.54) is 5.56 Å². The topological polar surface area (TPSA) is 31.2 Å². The number of aryl methyl sites for hydroxylation is 1. The lowest BCUT2D eigenvalue weighted by Gasteiger charge is -2.20. The minimum absolute atomic E-state index is 0.0679. The first-order valence-electron chi connectivity index (χ1n) is 8.41. The van der Waals surface area contributed by atoms with Crippen molar-refractivity contribution in [1.82, 2.24) is 4.57 Å². The predicted octanol–water partition coefficient (Wildman–Crippen LogP) is 5.30. The van der Waals surface area contributed by atoms with Crippen LogP contribution in [0.25, 0.3) is 5.69 Å². The minimum Gasteiger partial charge on any atom is -0.423 e. The molecule has 0 saturated heterocycles. The number of nitrogens with zero attached hydrogens (tertiary/aromatic N) is 1. The van der Waals surface area contributed by atoms with Gasteiger partial charge in [0.15, 0.2) is 0 Å². The molecule has 0 saturated carbocycles. The Morgan fingerprint density at radius 3 is 2.32 bits per heavy atom. The molecule has 2 aromatic carbocycles. The van der Waals surface area contributed by atoms with E-state index in [0.717, 1.165) is 11.3 Å². The van der Waals surface area contributed by atoms with Gasteiger partial charge < -0.3 is 9.30 Å². The van der Waals surface area contributed by atoms with E-state index in [1.54, 1.807) is 6.07 Å². The monoisotopic (exact) mass is 333 g/mol. The Labute approximate surface area is 148 Å². The quantitative estimate of drug-likeness (QED) is 0.481. The van der Waals surface area contributed by atoms with Gasteiger partial charge in [0.1, 0.15) is 5.75 Å². The lowest BCUT2D eigenvalue weighted by Crippen LogP contribution is -2.13. The molecule has 0 atom stereocenters. The van der Waals surface area contributed by atoms with Crippen molar-refractivity contribution < 1.29 is 9.53 Å². The summed E-state index contributed by atoms with van der Waals surface area (Å²) >= 11 is 0. The van der Waals surface area contributed by atoms with Crippen molar-refractivity contribution in [2.75, 3.05) is 0 Å². The Balaban J connectivity index is 1.82. The number of ether oxygens (including phenoxy) is 1. The van der Waals surface area contributed by atoms with Crippen molar-refractivity contribution in [1.29, 1.82) is 0 Å². The first-order chi connectivity index (χ1) is 11.8. The molecular weight excluding hydrogens is 310 g/mol. The van der Waals surface area contributed by atoms with Crippen LogP contribution in [-0.4, -0.2) is 10.5 Å². The van der Waals surface area contributed by atoms with E-state index in [0.29, 0.717) is 11.3 Å². The largest absolute Gasteiger partial charge is 0.423 e. The Bertz CT molecular complexity index is 887. The second kappa shape index (κ2) is 6.60. The van der Waals surface area contributed by atoms with Gasteiger partial charge in [-0.15, -0.1) is 0 Å². The molecule has 0 fully saturated rings. The molecule has 3 rings (SSSR count). The zero-order valence-corrected chi connectivity index (χ0v) is 15.1. The minimum atomic E-state index is -0.347. The highest BCUT2D eigenvalue weighted by Crippen LogP contribution is 2.28. The lowest BCUT2D eigenvalue weighted by atomic mass is 9.86. The first kappa shape index (κ1) is 17.0. The lowest BCUT2D eigenvalue weighted by molar-refractivity contribution is 0.0733. The van der Waals surface area contributed by atoms with Crippen LogP contribution < -0.4 is 4.74 Å². The van der Waals surface area contributed by atoms with Crippen LogP contribution >= 0.6 is 0 Å². The maximum atomic E-state index is 12.5. The fourth-order valence-electron chi connectivity index (χ4n) is 2.69. The predicted molar refractivity (Wildman–Crippen MR) is 101 cm³/mol. The molecule has 0 amide bonds. The van der Waals surface area contributed by atoms with Gasteiger partial charge in [-0.2, -0.15) is 0 Å². The Hall–Kier alpha value is -2.81. The summed E-state index contributed by atoms with van der Waals surface area (Å²) in [6.07, 6.45) is 3.89. The molecule has 0 aliphatic rings. The molecule has 128 valence electrons. The molecule has 25 heavy (non-hydrogen) atoms. The molecular formula is C22H23NO2. The Kier molecular flexibility index (Phi) is 4.49. The van der Waals surface area contributed by atoms with Crippen LogP contribution in [0.2, 0.25) is 0 Å². The van der Waals surface area contributed by atoms with E-state index in [1.807, 2.05) is 66.3 Å². The van der Waals surface area contributed by atoms with Gasteiger partial charge in [-0.1, -0.05) is 39.0 Å². The maximum Gasteiger partial charge on any atom is 0.343 e.